The van der Waals surface area contributed by atoms with E-state index in [9.17, 15) is 4.79 Å². The van der Waals surface area contributed by atoms with Crippen LogP contribution in [0.5, 0.6) is 5.75 Å². The largest absolute Gasteiger partial charge is 0.496 e. The number of rotatable bonds is 6. The van der Waals surface area contributed by atoms with Crippen LogP contribution in [0.1, 0.15) is 28.8 Å². The van der Waals surface area contributed by atoms with Gasteiger partial charge in [-0.15, -0.1) is 0 Å². The summed E-state index contributed by atoms with van der Waals surface area (Å²) in [6, 6.07) is 10.1. The lowest BCUT2D eigenvalue weighted by Crippen LogP contribution is -2.08. The first-order valence-electron chi connectivity index (χ1n) is 7.16. The molecule has 0 bridgehead atoms. The molecule has 0 radical (unpaired) electrons. The first-order chi connectivity index (χ1) is 10.1. The van der Waals surface area contributed by atoms with Gasteiger partial charge in [0.25, 0.3) is 0 Å². The second kappa shape index (κ2) is 7.02. The van der Waals surface area contributed by atoms with Crippen LogP contribution in [0.15, 0.2) is 36.5 Å². The van der Waals surface area contributed by atoms with E-state index >= 15 is 0 Å². The minimum absolute atomic E-state index is 0.209. The number of pyridine rings is 1. The summed E-state index contributed by atoms with van der Waals surface area (Å²) in [6.07, 6.45) is 3.46. The molecule has 3 nitrogen and oxygen atoms in total. The van der Waals surface area contributed by atoms with Crippen LogP contribution >= 0.6 is 0 Å². The average Bonchev–Trinajstić information content (AvgIpc) is 2.50. The molecule has 1 aromatic carbocycles. The van der Waals surface area contributed by atoms with E-state index in [2.05, 4.69) is 4.98 Å². The van der Waals surface area contributed by atoms with E-state index < -0.39 is 0 Å². The van der Waals surface area contributed by atoms with Crippen molar-refractivity contribution in [3.8, 4) is 5.75 Å². The fourth-order valence-electron chi connectivity index (χ4n) is 2.45. The fourth-order valence-corrected chi connectivity index (χ4v) is 2.45. The normalized spacial score (nSPS) is 10.4. The molecule has 0 spiro atoms. The van der Waals surface area contributed by atoms with Crippen molar-refractivity contribution in [1.82, 2.24) is 4.98 Å². The molecule has 0 fully saturated rings. The van der Waals surface area contributed by atoms with E-state index in [1.54, 1.807) is 13.3 Å². The minimum atomic E-state index is 0.209. The van der Waals surface area contributed by atoms with Gasteiger partial charge in [-0.3, -0.25) is 9.78 Å². The summed E-state index contributed by atoms with van der Waals surface area (Å²) in [5.41, 5.74) is 3.97. The van der Waals surface area contributed by atoms with E-state index in [0.29, 0.717) is 12.8 Å². The van der Waals surface area contributed by atoms with Gasteiger partial charge in [-0.2, -0.15) is 0 Å². The van der Waals surface area contributed by atoms with Crippen LogP contribution < -0.4 is 4.74 Å². The smallest absolute Gasteiger partial charge is 0.139 e. The highest BCUT2D eigenvalue weighted by molar-refractivity contribution is 5.81. The number of Topliss-reactive ketones (excluding diaryl/α,β-unsaturated/α-hetero) is 1. The maximum atomic E-state index is 12.1. The van der Waals surface area contributed by atoms with Crippen LogP contribution in [0.25, 0.3) is 0 Å². The number of carbonyl (C=O) groups excluding carboxylic acids is 1. The number of hydrogen-bond donors (Lipinski definition) is 0. The van der Waals surface area contributed by atoms with Gasteiger partial charge in [-0.1, -0.05) is 30.3 Å². The van der Waals surface area contributed by atoms with E-state index in [4.69, 9.17) is 4.74 Å². The molecule has 2 rings (SSSR count). The molecule has 21 heavy (non-hydrogen) atoms. The molecule has 0 amide bonds. The lowest BCUT2D eigenvalue weighted by atomic mass is 10.0. The SMILES string of the molecule is COc1c(C)cnc(CC(=O)CCc2ccccc2)c1C. The Hall–Kier alpha value is -2.16. The molecule has 1 heterocycles. The Morgan fingerprint density at radius 2 is 1.90 bits per heavy atom. The molecule has 0 saturated carbocycles. The summed E-state index contributed by atoms with van der Waals surface area (Å²) in [7, 11) is 1.65. The summed E-state index contributed by atoms with van der Waals surface area (Å²) < 4.78 is 5.38. The van der Waals surface area contributed by atoms with Crippen molar-refractivity contribution in [3.05, 3.63) is 58.9 Å². The first kappa shape index (κ1) is 15.2. The van der Waals surface area contributed by atoms with E-state index in [1.807, 2.05) is 44.2 Å². The molecular formula is C18H21NO2. The summed E-state index contributed by atoms with van der Waals surface area (Å²) in [5, 5.41) is 0. The summed E-state index contributed by atoms with van der Waals surface area (Å²) in [5.74, 6) is 1.04. The topological polar surface area (TPSA) is 39.2 Å². The van der Waals surface area contributed by atoms with Crippen LogP contribution in [0, 0.1) is 13.8 Å². The zero-order valence-corrected chi connectivity index (χ0v) is 12.8. The Morgan fingerprint density at radius 3 is 2.57 bits per heavy atom. The van der Waals surface area contributed by atoms with Crippen molar-refractivity contribution in [2.24, 2.45) is 0 Å². The number of ketones is 1. The monoisotopic (exact) mass is 283 g/mol. The molecule has 0 saturated heterocycles. The van der Waals surface area contributed by atoms with Crippen LogP contribution in [0.4, 0.5) is 0 Å². The molecule has 0 aliphatic heterocycles. The van der Waals surface area contributed by atoms with Crippen molar-refractivity contribution in [2.45, 2.75) is 33.1 Å². The van der Waals surface area contributed by atoms with Gasteiger partial charge in [0.05, 0.1) is 12.8 Å². The third-order valence-electron chi connectivity index (χ3n) is 3.65. The highest BCUT2D eigenvalue weighted by atomic mass is 16.5. The zero-order valence-electron chi connectivity index (χ0n) is 12.8. The lowest BCUT2D eigenvalue weighted by molar-refractivity contribution is -0.118. The van der Waals surface area contributed by atoms with Crippen LogP contribution in [-0.2, 0) is 17.6 Å². The maximum Gasteiger partial charge on any atom is 0.139 e. The molecule has 0 aliphatic carbocycles. The van der Waals surface area contributed by atoms with Crippen molar-refractivity contribution in [2.75, 3.05) is 7.11 Å². The van der Waals surface area contributed by atoms with Gasteiger partial charge >= 0.3 is 0 Å². The number of benzene rings is 1. The number of hydrogen-bond acceptors (Lipinski definition) is 3. The second-order valence-corrected chi connectivity index (χ2v) is 5.25. The molecule has 0 atom stereocenters. The van der Waals surface area contributed by atoms with Crippen LogP contribution in [0.2, 0.25) is 0 Å². The third kappa shape index (κ3) is 3.91. The Kier molecular flexibility index (Phi) is 5.09. The molecule has 2 aromatic rings. The molecule has 110 valence electrons. The summed E-state index contributed by atoms with van der Waals surface area (Å²) >= 11 is 0. The number of aryl methyl sites for hydroxylation is 2. The van der Waals surface area contributed by atoms with Crippen molar-refractivity contribution < 1.29 is 9.53 Å². The van der Waals surface area contributed by atoms with Crippen molar-refractivity contribution in [1.29, 1.82) is 0 Å². The molecule has 0 aliphatic rings. The maximum absolute atomic E-state index is 12.1. The quantitative estimate of drug-likeness (QED) is 0.815. The van der Waals surface area contributed by atoms with Gasteiger partial charge in [0.15, 0.2) is 0 Å². The number of aromatic nitrogens is 1. The van der Waals surface area contributed by atoms with Gasteiger partial charge in [0.2, 0.25) is 0 Å². The Morgan fingerprint density at radius 1 is 1.19 bits per heavy atom. The number of nitrogens with zero attached hydrogens (tertiary/aromatic N) is 1. The Labute approximate surface area is 126 Å². The first-order valence-corrected chi connectivity index (χ1v) is 7.16. The lowest BCUT2D eigenvalue weighted by Gasteiger charge is -2.11. The number of carbonyl (C=O) groups is 1. The zero-order chi connectivity index (χ0) is 15.2. The molecular weight excluding hydrogens is 262 g/mol. The van der Waals surface area contributed by atoms with Crippen LogP contribution in [0.3, 0.4) is 0 Å². The van der Waals surface area contributed by atoms with E-state index in [1.165, 1.54) is 5.56 Å². The molecule has 0 N–H and O–H groups in total. The molecule has 1 aromatic heterocycles. The van der Waals surface area contributed by atoms with Crippen molar-refractivity contribution in [3.63, 3.8) is 0 Å². The number of ether oxygens (including phenoxy) is 1. The van der Waals surface area contributed by atoms with Gasteiger partial charge in [0.1, 0.15) is 11.5 Å². The van der Waals surface area contributed by atoms with Crippen molar-refractivity contribution >= 4 is 5.78 Å². The highest BCUT2D eigenvalue weighted by Gasteiger charge is 2.12. The average molecular weight is 283 g/mol. The predicted octanol–water partition coefficient (Wildman–Crippen LogP) is 3.45. The number of methoxy groups -OCH3 is 1. The van der Waals surface area contributed by atoms with Gasteiger partial charge in [-0.05, 0) is 25.8 Å². The summed E-state index contributed by atoms with van der Waals surface area (Å²) in [6.45, 7) is 3.92. The Bertz CT molecular complexity index is 621. The fraction of sp³-hybridized carbons (Fsp3) is 0.333. The van der Waals surface area contributed by atoms with Crippen LogP contribution in [-0.4, -0.2) is 17.9 Å². The minimum Gasteiger partial charge on any atom is -0.496 e. The summed E-state index contributed by atoms with van der Waals surface area (Å²) in [4.78, 5) is 16.5. The van der Waals surface area contributed by atoms with Gasteiger partial charge in [-0.25, -0.2) is 0 Å². The van der Waals surface area contributed by atoms with E-state index in [0.717, 1.165) is 29.0 Å². The van der Waals surface area contributed by atoms with Gasteiger partial charge in [0, 0.05) is 30.2 Å². The third-order valence-corrected chi connectivity index (χ3v) is 3.65. The Balaban J connectivity index is 2.00. The molecule has 3 heteroatoms. The van der Waals surface area contributed by atoms with Gasteiger partial charge < -0.3 is 4.74 Å². The second-order valence-electron chi connectivity index (χ2n) is 5.25. The highest BCUT2D eigenvalue weighted by Crippen LogP contribution is 2.24. The van der Waals surface area contributed by atoms with E-state index in [-0.39, 0.29) is 5.78 Å². The predicted molar refractivity (Wildman–Crippen MR) is 83.7 cm³/mol. The standard InChI is InChI=1S/C18H21NO2/c1-13-12-19-17(14(2)18(13)21-3)11-16(20)10-9-15-7-5-4-6-8-15/h4-8,12H,9-11H2,1-3H3. The molecule has 0 unspecified atom stereocenters.